The van der Waals surface area contributed by atoms with E-state index >= 15 is 0 Å². The monoisotopic (exact) mass is 259 g/mol. The van der Waals surface area contributed by atoms with E-state index in [9.17, 15) is 4.21 Å². The van der Waals surface area contributed by atoms with Crippen LogP contribution in [-0.4, -0.2) is 9.96 Å². The fraction of sp³-hybridized carbons (Fsp3) is 0.500. The molecule has 16 heavy (non-hydrogen) atoms. The molecule has 4 heteroatoms. The van der Waals surface area contributed by atoms with Crippen molar-refractivity contribution in [1.82, 2.24) is 0 Å². The van der Waals surface area contributed by atoms with E-state index in [2.05, 4.69) is 13.8 Å². The standard InChI is InChI=1S/C12H18ClNOS/c1-9(2)5-6-16(15)8-10-3-4-11(13)12(14)7-10/h3-4,7,9H,5-6,8,14H2,1-2H3. The van der Waals surface area contributed by atoms with Gasteiger partial charge in [0, 0.05) is 22.3 Å². The molecule has 1 aromatic carbocycles. The molecule has 0 aliphatic rings. The third-order valence-corrected chi connectivity index (χ3v) is 4.00. The van der Waals surface area contributed by atoms with Crippen LogP contribution >= 0.6 is 11.6 Å². The van der Waals surface area contributed by atoms with Crippen molar-refractivity contribution < 1.29 is 4.21 Å². The molecular weight excluding hydrogens is 242 g/mol. The van der Waals surface area contributed by atoms with Gasteiger partial charge in [-0.2, -0.15) is 0 Å². The topological polar surface area (TPSA) is 43.1 Å². The lowest BCUT2D eigenvalue weighted by Crippen LogP contribution is -2.04. The maximum atomic E-state index is 11.8. The number of benzene rings is 1. The molecule has 0 bridgehead atoms. The number of hydrogen-bond acceptors (Lipinski definition) is 2. The first-order valence-electron chi connectivity index (χ1n) is 5.38. The van der Waals surface area contributed by atoms with E-state index in [-0.39, 0.29) is 0 Å². The highest BCUT2D eigenvalue weighted by atomic mass is 35.5. The van der Waals surface area contributed by atoms with Crippen molar-refractivity contribution in [3.63, 3.8) is 0 Å². The molecule has 0 fully saturated rings. The summed E-state index contributed by atoms with van der Waals surface area (Å²) in [4.78, 5) is 0. The number of rotatable bonds is 5. The van der Waals surface area contributed by atoms with Crippen molar-refractivity contribution in [3.8, 4) is 0 Å². The van der Waals surface area contributed by atoms with Crippen LogP contribution in [0.3, 0.4) is 0 Å². The molecule has 0 radical (unpaired) electrons. The van der Waals surface area contributed by atoms with Crippen molar-refractivity contribution in [1.29, 1.82) is 0 Å². The van der Waals surface area contributed by atoms with Crippen molar-refractivity contribution >= 4 is 28.1 Å². The van der Waals surface area contributed by atoms with E-state index in [1.165, 1.54) is 0 Å². The number of nitrogens with two attached hydrogens (primary N) is 1. The molecule has 0 spiro atoms. The third kappa shape index (κ3) is 4.54. The highest BCUT2D eigenvalue weighted by Gasteiger charge is 2.05. The molecule has 2 nitrogen and oxygen atoms in total. The molecule has 1 unspecified atom stereocenters. The Bertz CT molecular complexity index is 379. The Morgan fingerprint density at radius 2 is 2.12 bits per heavy atom. The molecule has 1 rings (SSSR count). The van der Waals surface area contributed by atoms with Crippen molar-refractivity contribution in [2.75, 3.05) is 11.5 Å². The predicted octanol–water partition coefficient (Wildman–Crippen LogP) is 3.22. The minimum atomic E-state index is -0.805. The lowest BCUT2D eigenvalue weighted by Gasteiger charge is -2.06. The largest absolute Gasteiger partial charge is 0.398 e. The zero-order chi connectivity index (χ0) is 12.1. The van der Waals surface area contributed by atoms with E-state index in [0.29, 0.717) is 22.4 Å². The van der Waals surface area contributed by atoms with Gasteiger partial charge in [0.15, 0.2) is 0 Å². The highest BCUT2D eigenvalue weighted by molar-refractivity contribution is 7.84. The summed E-state index contributed by atoms with van der Waals surface area (Å²) in [7, 11) is -0.805. The average molecular weight is 260 g/mol. The molecule has 2 N–H and O–H groups in total. The number of anilines is 1. The van der Waals surface area contributed by atoms with Gasteiger partial charge in [-0.1, -0.05) is 31.5 Å². The van der Waals surface area contributed by atoms with Crippen LogP contribution in [0.15, 0.2) is 18.2 Å². The maximum absolute atomic E-state index is 11.8. The van der Waals surface area contributed by atoms with Crippen molar-refractivity contribution in [2.24, 2.45) is 5.92 Å². The molecule has 0 saturated carbocycles. The SMILES string of the molecule is CC(C)CCS(=O)Cc1ccc(Cl)c(N)c1. The Kier molecular flexibility index (Phi) is 5.29. The quantitative estimate of drug-likeness (QED) is 0.825. The molecule has 0 saturated heterocycles. The second kappa shape index (κ2) is 6.26. The zero-order valence-corrected chi connectivity index (χ0v) is 11.3. The molecule has 0 aliphatic heterocycles. The van der Waals surface area contributed by atoms with Gasteiger partial charge < -0.3 is 5.73 Å². The summed E-state index contributed by atoms with van der Waals surface area (Å²) in [5.41, 5.74) is 7.23. The normalized spacial score (nSPS) is 13.0. The van der Waals surface area contributed by atoms with Gasteiger partial charge in [0.1, 0.15) is 0 Å². The molecular formula is C12H18ClNOS. The molecule has 1 aromatic rings. The molecule has 90 valence electrons. The van der Waals surface area contributed by atoms with Crippen LogP contribution in [0, 0.1) is 5.92 Å². The Labute approximate surface area is 105 Å². The average Bonchev–Trinajstić information content (AvgIpc) is 2.21. The summed E-state index contributed by atoms with van der Waals surface area (Å²) in [6.45, 7) is 4.27. The number of hydrogen-bond donors (Lipinski definition) is 1. The first-order chi connectivity index (χ1) is 7.49. The number of halogens is 1. The van der Waals surface area contributed by atoms with Gasteiger partial charge in [-0.3, -0.25) is 4.21 Å². The Morgan fingerprint density at radius 1 is 1.44 bits per heavy atom. The van der Waals surface area contributed by atoms with Crippen LogP contribution in [0.1, 0.15) is 25.8 Å². The number of nitrogen functional groups attached to an aromatic ring is 1. The zero-order valence-electron chi connectivity index (χ0n) is 9.70. The Hall–Kier alpha value is -0.540. The summed E-state index contributed by atoms with van der Waals surface area (Å²) >= 11 is 5.82. The Balaban J connectivity index is 2.53. The molecule has 0 aromatic heterocycles. The highest BCUT2D eigenvalue weighted by Crippen LogP contribution is 2.20. The van der Waals surface area contributed by atoms with E-state index in [1.807, 2.05) is 6.07 Å². The van der Waals surface area contributed by atoms with Crippen molar-refractivity contribution in [2.45, 2.75) is 26.0 Å². The summed E-state index contributed by atoms with van der Waals surface area (Å²) in [5.74, 6) is 1.91. The smallest absolute Gasteiger partial charge is 0.0635 e. The first kappa shape index (κ1) is 13.5. The second-order valence-electron chi connectivity index (χ2n) is 4.33. The van der Waals surface area contributed by atoms with Gasteiger partial charge in [0.2, 0.25) is 0 Å². The van der Waals surface area contributed by atoms with Gasteiger partial charge in [-0.15, -0.1) is 0 Å². The van der Waals surface area contributed by atoms with E-state index in [4.69, 9.17) is 17.3 Å². The lowest BCUT2D eigenvalue weighted by atomic mass is 10.2. The van der Waals surface area contributed by atoms with E-state index in [1.54, 1.807) is 12.1 Å². The van der Waals surface area contributed by atoms with Gasteiger partial charge in [0.05, 0.1) is 10.7 Å². The first-order valence-corrected chi connectivity index (χ1v) is 7.24. The van der Waals surface area contributed by atoms with Crippen LogP contribution in [0.25, 0.3) is 0 Å². The van der Waals surface area contributed by atoms with Crippen LogP contribution in [0.4, 0.5) is 5.69 Å². The molecule has 0 amide bonds. The minimum absolute atomic E-state index is 0.553. The van der Waals surface area contributed by atoms with Crippen molar-refractivity contribution in [3.05, 3.63) is 28.8 Å². The predicted molar refractivity (Wildman–Crippen MR) is 72.0 cm³/mol. The Morgan fingerprint density at radius 3 is 2.69 bits per heavy atom. The van der Waals surface area contributed by atoms with Gasteiger partial charge in [-0.25, -0.2) is 0 Å². The van der Waals surface area contributed by atoms with Crippen LogP contribution in [0.5, 0.6) is 0 Å². The minimum Gasteiger partial charge on any atom is -0.398 e. The molecule has 0 aliphatic carbocycles. The summed E-state index contributed by atoms with van der Waals surface area (Å²) in [5, 5.41) is 0.553. The molecule has 0 heterocycles. The van der Waals surface area contributed by atoms with Gasteiger partial charge in [0.25, 0.3) is 0 Å². The maximum Gasteiger partial charge on any atom is 0.0635 e. The fourth-order valence-corrected chi connectivity index (χ4v) is 2.86. The van der Waals surface area contributed by atoms with Crippen LogP contribution in [-0.2, 0) is 16.6 Å². The lowest BCUT2D eigenvalue weighted by molar-refractivity contribution is 0.619. The van der Waals surface area contributed by atoms with E-state index < -0.39 is 10.8 Å². The fourth-order valence-electron chi connectivity index (χ4n) is 1.31. The summed E-state index contributed by atoms with van der Waals surface area (Å²) < 4.78 is 11.8. The summed E-state index contributed by atoms with van der Waals surface area (Å²) in [6, 6.07) is 5.44. The second-order valence-corrected chi connectivity index (χ2v) is 6.31. The van der Waals surface area contributed by atoms with Crippen LogP contribution in [0.2, 0.25) is 5.02 Å². The molecule has 1 atom stereocenters. The third-order valence-electron chi connectivity index (χ3n) is 2.31. The van der Waals surface area contributed by atoms with Gasteiger partial charge >= 0.3 is 0 Å². The summed E-state index contributed by atoms with van der Waals surface area (Å²) in [6.07, 6.45) is 0.996. The van der Waals surface area contributed by atoms with Crippen LogP contribution < -0.4 is 5.73 Å². The van der Waals surface area contributed by atoms with E-state index in [0.717, 1.165) is 17.7 Å². The van der Waals surface area contributed by atoms with Gasteiger partial charge in [-0.05, 0) is 30.0 Å².